The highest BCUT2D eigenvalue weighted by Crippen LogP contribution is 2.33. The van der Waals surface area contributed by atoms with E-state index in [1.807, 2.05) is 0 Å². The van der Waals surface area contributed by atoms with Crippen molar-refractivity contribution in [2.75, 3.05) is 0 Å². The summed E-state index contributed by atoms with van der Waals surface area (Å²) >= 11 is 11.9. The normalized spacial score (nSPS) is 12.1. The number of aryl methyl sites for hydroxylation is 1. The third-order valence-corrected chi connectivity index (χ3v) is 4.69. The lowest BCUT2D eigenvalue weighted by Gasteiger charge is -2.15. The summed E-state index contributed by atoms with van der Waals surface area (Å²) in [6, 6.07) is 7.83. The van der Waals surface area contributed by atoms with Crippen molar-refractivity contribution >= 4 is 29.1 Å². The number of carbonyl (C=O) groups excluding carboxylic acids is 1. The first-order valence-corrected chi connectivity index (χ1v) is 8.71. The third kappa shape index (κ3) is 3.82. The van der Waals surface area contributed by atoms with Crippen molar-refractivity contribution in [2.24, 2.45) is 0 Å². The zero-order chi connectivity index (χ0) is 19.7. The molecule has 140 valence electrons. The molecule has 0 bridgehead atoms. The van der Waals surface area contributed by atoms with Gasteiger partial charge in [0.25, 0.3) is 5.91 Å². The molecule has 8 heteroatoms. The molecular formula is C19H14Cl2F2N2O2. The summed E-state index contributed by atoms with van der Waals surface area (Å²) in [4.78, 5) is 12.8. The van der Waals surface area contributed by atoms with Crippen LogP contribution in [0.25, 0.3) is 11.3 Å². The molecule has 1 amide bonds. The van der Waals surface area contributed by atoms with E-state index in [0.29, 0.717) is 5.56 Å². The monoisotopic (exact) mass is 410 g/mol. The van der Waals surface area contributed by atoms with Crippen LogP contribution < -0.4 is 5.32 Å². The first-order valence-electron chi connectivity index (χ1n) is 7.96. The molecule has 1 aromatic heterocycles. The van der Waals surface area contributed by atoms with E-state index in [1.54, 1.807) is 13.8 Å². The zero-order valence-electron chi connectivity index (χ0n) is 14.3. The van der Waals surface area contributed by atoms with Gasteiger partial charge in [0.2, 0.25) is 0 Å². The van der Waals surface area contributed by atoms with Gasteiger partial charge >= 0.3 is 0 Å². The molecule has 3 aromatic rings. The maximum atomic E-state index is 14.3. The lowest BCUT2D eigenvalue weighted by Crippen LogP contribution is -2.27. The van der Waals surface area contributed by atoms with E-state index in [1.165, 1.54) is 36.4 Å². The standard InChI is InChI=1S/C19H14Cl2F2N2O2/c1-9(11-6-7-14(22)13(21)8-11)24-19(26)16-10(2)27-25-18(16)17-12(20)4-3-5-15(17)23/h3-9H,1-2H3,(H,24,26). The van der Waals surface area contributed by atoms with Gasteiger partial charge < -0.3 is 9.84 Å². The molecule has 0 fully saturated rings. The second-order valence-electron chi connectivity index (χ2n) is 5.93. The number of amides is 1. The minimum absolute atomic E-state index is 0.0115. The van der Waals surface area contributed by atoms with Gasteiger partial charge in [-0.2, -0.15) is 0 Å². The highest BCUT2D eigenvalue weighted by Gasteiger charge is 2.26. The van der Waals surface area contributed by atoms with Gasteiger partial charge in [0, 0.05) is 0 Å². The molecule has 1 N–H and O–H groups in total. The molecule has 0 saturated heterocycles. The number of hydrogen-bond acceptors (Lipinski definition) is 3. The molecule has 0 aliphatic rings. The van der Waals surface area contributed by atoms with Gasteiger partial charge in [0.05, 0.1) is 21.7 Å². The summed E-state index contributed by atoms with van der Waals surface area (Å²) in [6.07, 6.45) is 0. The molecular weight excluding hydrogens is 397 g/mol. The summed E-state index contributed by atoms with van der Waals surface area (Å²) in [5, 5.41) is 6.61. The summed E-state index contributed by atoms with van der Waals surface area (Å²) in [5.41, 5.74) is 0.674. The van der Waals surface area contributed by atoms with Crippen molar-refractivity contribution in [3.63, 3.8) is 0 Å². The van der Waals surface area contributed by atoms with E-state index in [-0.39, 0.29) is 32.6 Å². The SMILES string of the molecule is Cc1onc(-c2c(F)cccc2Cl)c1C(=O)NC(C)c1ccc(F)c(Cl)c1. The van der Waals surface area contributed by atoms with E-state index in [9.17, 15) is 13.6 Å². The van der Waals surface area contributed by atoms with E-state index in [2.05, 4.69) is 10.5 Å². The van der Waals surface area contributed by atoms with Gasteiger partial charge in [-0.25, -0.2) is 8.78 Å². The Hall–Kier alpha value is -2.44. The van der Waals surface area contributed by atoms with Crippen LogP contribution in [0, 0.1) is 18.6 Å². The number of aromatic nitrogens is 1. The fourth-order valence-corrected chi connectivity index (χ4v) is 3.11. The number of rotatable bonds is 4. The van der Waals surface area contributed by atoms with Crippen LogP contribution in [-0.2, 0) is 0 Å². The number of hydrogen-bond donors (Lipinski definition) is 1. The molecule has 0 saturated carbocycles. The second-order valence-corrected chi connectivity index (χ2v) is 6.74. The van der Waals surface area contributed by atoms with E-state index >= 15 is 0 Å². The van der Waals surface area contributed by atoms with Crippen molar-refractivity contribution in [2.45, 2.75) is 19.9 Å². The van der Waals surface area contributed by atoms with Gasteiger partial charge in [-0.05, 0) is 43.7 Å². The Labute approximate surface area is 164 Å². The Morgan fingerprint density at radius 2 is 1.89 bits per heavy atom. The van der Waals surface area contributed by atoms with Gasteiger partial charge in [-0.3, -0.25) is 4.79 Å². The molecule has 4 nitrogen and oxygen atoms in total. The molecule has 0 aliphatic heterocycles. The van der Waals surface area contributed by atoms with Crippen LogP contribution in [0.2, 0.25) is 10.0 Å². The summed E-state index contributed by atoms with van der Waals surface area (Å²) in [6.45, 7) is 3.25. The van der Waals surface area contributed by atoms with Crippen molar-refractivity contribution in [1.82, 2.24) is 10.5 Å². The maximum Gasteiger partial charge on any atom is 0.257 e. The van der Waals surface area contributed by atoms with Crippen molar-refractivity contribution in [3.8, 4) is 11.3 Å². The molecule has 0 radical (unpaired) electrons. The average Bonchev–Trinajstić information content (AvgIpc) is 2.98. The van der Waals surface area contributed by atoms with Gasteiger partial charge in [-0.15, -0.1) is 0 Å². The zero-order valence-corrected chi connectivity index (χ0v) is 15.8. The average molecular weight is 411 g/mol. The van der Waals surface area contributed by atoms with E-state index < -0.39 is 23.6 Å². The molecule has 27 heavy (non-hydrogen) atoms. The number of halogens is 4. The van der Waals surface area contributed by atoms with Crippen LogP contribution in [0.1, 0.15) is 34.6 Å². The van der Waals surface area contributed by atoms with Crippen LogP contribution in [-0.4, -0.2) is 11.1 Å². The molecule has 1 atom stereocenters. The first kappa shape index (κ1) is 19.3. The van der Waals surface area contributed by atoms with Crippen LogP contribution in [0.3, 0.4) is 0 Å². The van der Waals surface area contributed by atoms with Crippen LogP contribution >= 0.6 is 23.2 Å². The van der Waals surface area contributed by atoms with Crippen LogP contribution in [0.15, 0.2) is 40.9 Å². The number of benzene rings is 2. The Morgan fingerprint density at radius 1 is 1.15 bits per heavy atom. The number of nitrogens with one attached hydrogen (secondary N) is 1. The first-order chi connectivity index (χ1) is 12.8. The minimum Gasteiger partial charge on any atom is -0.360 e. The number of nitrogens with zero attached hydrogens (tertiary/aromatic N) is 1. The van der Waals surface area contributed by atoms with E-state index in [4.69, 9.17) is 27.7 Å². The minimum atomic E-state index is -0.622. The quantitative estimate of drug-likeness (QED) is 0.597. The molecule has 3 rings (SSSR count). The molecule has 1 unspecified atom stereocenters. The smallest absolute Gasteiger partial charge is 0.257 e. The van der Waals surface area contributed by atoms with Gasteiger partial charge in [-0.1, -0.05) is 40.5 Å². The summed E-state index contributed by atoms with van der Waals surface area (Å²) < 4.78 is 32.7. The molecule has 2 aromatic carbocycles. The Bertz CT molecular complexity index is 1000. The van der Waals surface area contributed by atoms with Gasteiger partial charge in [0.15, 0.2) is 0 Å². The predicted octanol–water partition coefficient (Wildman–Crippen LogP) is 5.73. The molecule has 1 heterocycles. The summed E-state index contributed by atoms with van der Waals surface area (Å²) in [5.74, 6) is -1.49. The lowest BCUT2D eigenvalue weighted by atomic mass is 10.0. The summed E-state index contributed by atoms with van der Waals surface area (Å²) in [7, 11) is 0. The van der Waals surface area contributed by atoms with Crippen LogP contribution in [0.5, 0.6) is 0 Å². The highest BCUT2D eigenvalue weighted by atomic mass is 35.5. The Morgan fingerprint density at radius 3 is 2.56 bits per heavy atom. The maximum absolute atomic E-state index is 14.3. The second kappa shape index (κ2) is 7.66. The van der Waals surface area contributed by atoms with Gasteiger partial charge in [0.1, 0.15) is 28.7 Å². The van der Waals surface area contributed by atoms with Crippen molar-refractivity contribution < 1.29 is 18.1 Å². The van der Waals surface area contributed by atoms with E-state index in [0.717, 1.165) is 0 Å². The van der Waals surface area contributed by atoms with Crippen LogP contribution in [0.4, 0.5) is 8.78 Å². The molecule has 0 spiro atoms. The Kier molecular flexibility index (Phi) is 5.48. The van der Waals surface area contributed by atoms with Crippen molar-refractivity contribution in [1.29, 1.82) is 0 Å². The molecule has 0 aliphatic carbocycles. The fraction of sp³-hybridized carbons (Fsp3) is 0.158. The van der Waals surface area contributed by atoms with Crippen molar-refractivity contribution in [3.05, 3.63) is 75.0 Å². The topological polar surface area (TPSA) is 55.1 Å². The Balaban J connectivity index is 1.94. The highest BCUT2D eigenvalue weighted by molar-refractivity contribution is 6.33. The third-order valence-electron chi connectivity index (χ3n) is 4.08. The predicted molar refractivity (Wildman–Crippen MR) is 98.9 cm³/mol. The number of carbonyl (C=O) groups is 1. The fourth-order valence-electron chi connectivity index (χ4n) is 2.67. The largest absolute Gasteiger partial charge is 0.360 e. The lowest BCUT2D eigenvalue weighted by molar-refractivity contribution is 0.0939.